The minimum Gasteiger partial charge on any atom is -0.345 e. The molecule has 138 valence electrons. The fourth-order valence-electron chi connectivity index (χ4n) is 3.11. The van der Waals surface area contributed by atoms with Crippen molar-refractivity contribution in [2.75, 3.05) is 31.1 Å². The number of thiazole rings is 1. The van der Waals surface area contributed by atoms with Gasteiger partial charge < -0.3 is 9.80 Å². The number of aromatic nitrogens is 1. The average Bonchev–Trinajstić information content (AvgIpc) is 3.11. The van der Waals surface area contributed by atoms with Crippen LogP contribution in [0.3, 0.4) is 0 Å². The van der Waals surface area contributed by atoms with Crippen molar-refractivity contribution < 1.29 is 9.72 Å². The molecular weight excluding hydrogens is 388 g/mol. The number of nitrogens with zero attached hydrogens (tertiary/aromatic N) is 4. The van der Waals surface area contributed by atoms with Gasteiger partial charge in [0.15, 0.2) is 5.13 Å². The van der Waals surface area contributed by atoms with Gasteiger partial charge in [0.05, 0.1) is 15.1 Å². The summed E-state index contributed by atoms with van der Waals surface area (Å²) in [6.07, 6.45) is 0. The number of hydrogen-bond donors (Lipinski definition) is 0. The number of benzene rings is 2. The second kappa shape index (κ2) is 7.13. The molecule has 1 saturated heterocycles. The predicted molar refractivity (Wildman–Crippen MR) is 106 cm³/mol. The van der Waals surface area contributed by atoms with E-state index in [0.29, 0.717) is 31.2 Å². The van der Waals surface area contributed by atoms with E-state index in [1.807, 2.05) is 24.3 Å². The van der Waals surface area contributed by atoms with Crippen molar-refractivity contribution in [2.24, 2.45) is 0 Å². The lowest BCUT2D eigenvalue weighted by Gasteiger charge is -2.34. The number of nitro groups is 1. The molecule has 1 aliphatic heterocycles. The van der Waals surface area contributed by atoms with E-state index in [-0.39, 0.29) is 17.2 Å². The number of piperazine rings is 1. The number of nitro benzene ring substituents is 1. The quantitative estimate of drug-likeness (QED) is 0.491. The zero-order chi connectivity index (χ0) is 19.0. The van der Waals surface area contributed by atoms with E-state index in [2.05, 4.69) is 9.88 Å². The van der Waals surface area contributed by atoms with Gasteiger partial charge in [-0.2, -0.15) is 0 Å². The number of para-hydroxylation sites is 1. The Morgan fingerprint density at radius 3 is 2.59 bits per heavy atom. The van der Waals surface area contributed by atoms with Gasteiger partial charge in [0.1, 0.15) is 5.56 Å². The lowest BCUT2D eigenvalue weighted by Crippen LogP contribution is -2.48. The van der Waals surface area contributed by atoms with E-state index in [9.17, 15) is 14.9 Å². The van der Waals surface area contributed by atoms with Crippen LogP contribution in [-0.4, -0.2) is 46.9 Å². The van der Waals surface area contributed by atoms with Crippen LogP contribution in [0.4, 0.5) is 10.8 Å². The van der Waals surface area contributed by atoms with Crippen molar-refractivity contribution in [1.82, 2.24) is 9.88 Å². The Kier molecular flexibility index (Phi) is 4.67. The Bertz CT molecular complexity index is 997. The molecule has 4 rings (SSSR count). The van der Waals surface area contributed by atoms with Gasteiger partial charge in [0.2, 0.25) is 0 Å². The molecule has 1 amide bonds. The molecule has 7 nitrogen and oxygen atoms in total. The van der Waals surface area contributed by atoms with Crippen LogP contribution in [0.1, 0.15) is 10.4 Å². The van der Waals surface area contributed by atoms with Crippen LogP contribution < -0.4 is 4.90 Å². The van der Waals surface area contributed by atoms with Crippen LogP contribution in [0.15, 0.2) is 42.5 Å². The highest BCUT2D eigenvalue weighted by molar-refractivity contribution is 7.22. The molecule has 2 aromatic carbocycles. The van der Waals surface area contributed by atoms with Crippen molar-refractivity contribution in [3.05, 3.63) is 63.2 Å². The van der Waals surface area contributed by atoms with Crippen LogP contribution in [0.5, 0.6) is 0 Å². The summed E-state index contributed by atoms with van der Waals surface area (Å²) in [6, 6.07) is 12.0. The highest BCUT2D eigenvalue weighted by atomic mass is 35.5. The Morgan fingerprint density at radius 1 is 1.15 bits per heavy atom. The zero-order valence-electron chi connectivity index (χ0n) is 14.2. The number of rotatable bonds is 3. The standard InChI is InChI=1S/C18H15ClN4O3S/c19-12-5-6-15(23(25)26)13(11-12)17(24)21-7-9-22(10-8-21)18-20-14-3-1-2-4-16(14)27-18/h1-6,11H,7-10H2. The summed E-state index contributed by atoms with van der Waals surface area (Å²) in [7, 11) is 0. The minimum atomic E-state index is -0.555. The molecule has 0 saturated carbocycles. The van der Waals surface area contributed by atoms with Gasteiger partial charge in [-0.3, -0.25) is 14.9 Å². The third-order valence-electron chi connectivity index (χ3n) is 4.51. The zero-order valence-corrected chi connectivity index (χ0v) is 15.7. The number of amides is 1. The molecule has 3 aromatic rings. The van der Waals surface area contributed by atoms with Gasteiger partial charge in [-0.1, -0.05) is 35.1 Å². The maximum absolute atomic E-state index is 12.8. The molecular formula is C18H15ClN4O3S. The normalized spacial score (nSPS) is 14.6. The molecule has 1 aliphatic rings. The van der Waals surface area contributed by atoms with Crippen LogP contribution in [0.25, 0.3) is 10.2 Å². The third kappa shape index (κ3) is 3.45. The van der Waals surface area contributed by atoms with E-state index in [4.69, 9.17) is 11.6 Å². The van der Waals surface area contributed by atoms with Crippen molar-refractivity contribution >= 4 is 49.9 Å². The molecule has 27 heavy (non-hydrogen) atoms. The van der Waals surface area contributed by atoms with E-state index in [0.717, 1.165) is 15.3 Å². The van der Waals surface area contributed by atoms with Crippen molar-refractivity contribution in [3.63, 3.8) is 0 Å². The Labute approximate surface area is 163 Å². The fraction of sp³-hybridized carbons (Fsp3) is 0.222. The number of hydrogen-bond acceptors (Lipinski definition) is 6. The number of fused-ring (bicyclic) bond motifs is 1. The molecule has 0 unspecified atom stereocenters. The van der Waals surface area contributed by atoms with E-state index < -0.39 is 4.92 Å². The van der Waals surface area contributed by atoms with E-state index in [1.165, 1.54) is 18.2 Å². The first-order chi connectivity index (χ1) is 13.0. The van der Waals surface area contributed by atoms with Gasteiger partial charge in [-0.05, 0) is 24.3 Å². The largest absolute Gasteiger partial charge is 0.345 e. The van der Waals surface area contributed by atoms with Crippen LogP contribution in [-0.2, 0) is 0 Å². The molecule has 2 heterocycles. The smallest absolute Gasteiger partial charge is 0.282 e. The Balaban J connectivity index is 1.50. The van der Waals surface area contributed by atoms with Crippen LogP contribution in [0.2, 0.25) is 5.02 Å². The summed E-state index contributed by atoms with van der Waals surface area (Å²) in [5, 5.41) is 12.4. The first-order valence-corrected chi connectivity index (χ1v) is 9.56. The summed E-state index contributed by atoms with van der Waals surface area (Å²) in [6.45, 7) is 2.19. The number of anilines is 1. The van der Waals surface area contributed by atoms with Crippen LogP contribution >= 0.6 is 22.9 Å². The summed E-state index contributed by atoms with van der Waals surface area (Å²) >= 11 is 7.56. The number of carbonyl (C=O) groups excluding carboxylic acids is 1. The van der Waals surface area contributed by atoms with Crippen molar-refractivity contribution in [2.45, 2.75) is 0 Å². The van der Waals surface area contributed by atoms with Crippen molar-refractivity contribution in [3.8, 4) is 0 Å². The van der Waals surface area contributed by atoms with Gasteiger partial charge in [-0.15, -0.1) is 0 Å². The SMILES string of the molecule is O=C(c1cc(Cl)ccc1[N+](=O)[O-])N1CCN(c2nc3ccccc3s2)CC1. The van der Waals surface area contributed by atoms with E-state index in [1.54, 1.807) is 16.2 Å². The monoisotopic (exact) mass is 402 g/mol. The fourth-order valence-corrected chi connectivity index (χ4v) is 4.29. The van der Waals surface area contributed by atoms with Crippen molar-refractivity contribution in [1.29, 1.82) is 0 Å². The molecule has 0 bridgehead atoms. The first kappa shape index (κ1) is 17.7. The summed E-state index contributed by atoms with van der Waals surface area (Å²) < 4.78 is 1.13. The Morgan fingerprint density at radius 2 is 1.89 bits per heavy atom. The average molecular weight is 403 g/mol. The predicted octanol–water partition coefficient (Wildman–Crippen LogP) is 3.82. The maximum Gasteiger partial charge on any atom is 0.282 e. The summed E-state index contributed by atoms with van der Waals surface area (Å²) in [5.74, 6) is -0.367. The lowest BCUT2D eigenvalue weighted by molar-refractivity contribution is -0.385. The summed E-state index contributed by atoms with van der Waals surface area (Å²) in [5.41, 5.74) is 0.768. The first-order valence-electron chi connectivity index (χ1n) is 8.36. The number of carbonyl (C=O) groups is 1. The second-order valence-corrected chi connectivity index (χ2v) is 7.61. The topological polar surface area (TPSA) is 79.6 Å². The molecule has 9 heteroatoms. The number of halogens is 1. The van der Waals surface area contributed by atoms with Crippen LogP contribution in [0, 0.1) is 10.1 Å². The lowest BCUT2D eigenvalue weighted by atomic mass is 10.1. The van der Waals surface area contributed by atoms with Gasteiger partial charge in [0, 0.05) is 37.3 Å². The van der Waals surface area contributed by atoms with Gasteiger partial charge in [-0.25, -0.2) is 4.98 Å². The summed E-state index contributed by atoms with van der Waals surface area (Å²) in [4.78, 5) is 31.9. The third-order valence-corrected chi connectivity index (χ3v) is 5.84. The molecule has 0 atom stereocenters. The highest BCUT2D eigenvalue weighted by Gasteiger charge is 2.28. The minimum absolute atomic E-state index is 0.0286. The molecule has 1 fully saturated rings. The highest BCUT2D eigenvalue weighted by Crippen LogP contribution is 2.30. The second-order valence-electron chi connectivity index (χ2n) is 6.16. The molecule has 0 N–H and O–H groups in total. The van der Waals surface area contributed by atoms with Gasteiger partial charge in [0.25, 0.3) is 11.6 Å². The molecule has 1 aromatic heterocycles. The molecule has 0 radical (unpaired) electrons. The molecule has 0 aliphatic carbocycles. The van der Waals surface area contributed by atoms with Gasteiger partial charge >= 0.3 is 0 Å². The molecule has 0 spiro atoms. The maximum atomic E-state index is 12.8. The van der Waals surface area contributed by atoms with E-state index >= 15 is 0 Å². The Hall–Kier alpha value is -2.71.